The number of methoxy groups -OCH3 is 1. The topological polar surface area (TPSA) is 70.6 Å². The Kier molecular flexibility index (Phi) is 8.94. The van der Waals surface area contributed by atoms with Crippen LogP contribution in [0.15, 0.2) is 53.2 Å². The Morgan fingerprint density at radius 3 is 2.52 bits per heavy atom. The van der Waals surface area contributed by atoms with Crippen LogP contribution in [0.25, 0.3) is 0 Å². The molecule has 1 amide bonds. The normalized spacial score (nSPS) is 12.9. The van der Waals surface area contributed by atoms with Crippen molar-refractivity contribution in [3.05, 3.63) is 87.1 Å². The number of benzene rings is 2. The highest BCUT2D eigenvalue weighted by atomic mass is 32.1. The molecule has 33 heavy (non-hydrogen) atoms. The minimum absolute atomic E-state index is 0.0566. The first-order chi connectivity index (χ1) is 15.9. The van der Waals surface area contributed by atoms with E-state index >= 15 is 0 Å². The minimum Gasteiger partial charge on any atom is -0.495 e. The van der Waals surface area contributed by atoms with Gasteiger partial charge in [0.25, 0.3) is 5.91 Å². The molecule has 2 atom stereocenters. The SMILES string of the molecule is CCc1cccc(CNC[C@H](O)[C@H](Cc2cc(F)cc(F)c2)NC(=O)c2cscc2OC)c1. The molecular formula is C25H28F2N2O3S. The molecule has 0 aliphatic heterocycles. The molecule has 3 rings (SSSR count). The van der Waals surface area contributed by atoms with Gasteiger partial charge in [-0.1, -0.05) is 31.2 Å². The maximum atomic E-state index is 13.7. The van der Waals surface area contributed by atoms with E-state index in [1.165, 1.54) is 36.1 Å². The van der Waals surface area contributed by atoms with Crippen molar-refractivity contribution in [2.24, 2.45) is 0 Å². The lowest BCUT2D eigenvalue weighted by Crippen LogP contribution is -2.48. The number of hydrogen-bond acceptors (Lipinski definition) is 5. The summed E-state index contributed by atoms with van der Waals surface area (Å²) >= 11 is 1.32. The van der Waals surface area contributed by atoms with Crippen LogP contribution in [0.5, 0.6) is 5.75 Å². The fraction of sp³-hybridized carbons (Fsp3) is 0.320. The van der Waals surface area contributed by atoms with E-state index in [2.05, 4.69) is 29.7 Å². The third-order valence-corrected chi connectivity index (χ3v) is 6.05. The van der Waals surface area contributed by atoms with Crippen LogP contribution in [0.2, 0.25) is 0 Å². The van der Waals surface area contributed by atoms with Crippen LogP contribution in [0.3, 0.4) is 0 Å². The summed E-state index contributed by atoms with van der Waals surface area (Å²) in [5, 5.41) is 20.2. The average molecular weight is 475 g/mol. The highest BCUT2D eigenvalue weighted by Crippen LogP contribution is 2.23. The lowest BCUT2D eigenvalue weighted by atomic mass is 10.00. The average Bonchev–Trinajstić information content (AvgIpc) is 3.27. The Morgan fingerprint density at radius 1 is 1.09 bits per heavy atom. The first-order valence-corrected chi connectivity index (χ1v) is 11.7. The van der Waals surface area contributed by atoms with E-state index in [9.17, 15) is 18.7 Å². The van der Waals surface area contributed by atoms with Crippen LogP contribution < -0.4 is 15.4 Å². The molecule has 5 nitrogen and oxygen atoms in total. The summed E-state index contributed by atoms with van der Waals surface area (Å²) in [5.41, 5.74) is 2.98. The molecule has 0 spiro atoms. The second-order valence-electron chi connectivity index (χ2n) is 7.79. The van der Waals surface area contributed by atoms with Crippen LogP contribution in [-0.2, 0) is 19.4 Å². The van der Waals surface area contributed by atoms with Gasteiger partial charge in [0.1, 0.15) is 17.4 Å². The third kappa shape index (κ3) is 7.08. The second-order valence-corrected chi connectivity index (χ2v) is 8.53. The van der Waals surface area contributed by atoms with E-state index < -0.39 is 29.7 Å². The molecule has 0 radical (unpaired) electrons. The highest BCUT2D eigenvalue weighted by Gasteiger charge is 2.24. The van der Waals surface area contributed by atoms with Crippen molar-refractivity contribution < 1.29 is 23.4 Å². The molecule has 176 valence electrons. The Bertz CT molecular complexity index is 1050. The molecule has 0 bridgehead atoms. The van der Waals surface area contributed by atoms with Crippen LogP contribution in [-0.4, -0.2) is 36.8 Å². The van der Waals surface area contributed by atoms with Gasteiger partial charge >= 0.3 is 0 Å². The summed E-state index contributed by atoms with van der Waals surface area (Å²) in [5.74, 6) is -1.42. The van der Waals surface area contributed by atoms with Gasteiger partial charge in [-0.05, 0) is 41.7 Å². The molecule has 0 saturated heterocycles. The third-order valence-electron chi connectivity index (χ3n) is 5.33. The molecular weight excluding hydrogens is 446 g/mol. The largest absolute Gasteiger partial charge is 0.495 e. The van der Waals surface area contributed by atoms with E-state index in [1.54, 1.807) is 10.8 Å². The number of aryl methyl sites for hydroxylation is 1. The number of ether oxygens (including phenoxy) is 1. The number of nitrogens with one attached hydrogen (secondary N) is 2. The zero-order valence-electron chi connectivity index (χ0n) is 18.6. The number of aliphatic hydroxyl groups is 1. The van der Waals surface area contributed by atoms with Crippen molar-refractivity contribution in [1.29, 1.82) is 0 Å². The van der Waals surface area contributed by atoms with Gasteiger partial charge in [0.15, 0.2) is 0 Å². The van der Waals surface area contributed by atoms with Crippen molar-refractivity contribution in [2.45, 2.75) is 38.5 Å². The quantitative estimate of drug-likeness (QED) is 0.392. The number of aliphatic hydroxyl groups excluding tert-OH is 1. The van der Waals surface area contributed by atoms with Gasteiger partial charge in [0.05, 0.1) is 24.8 Å². The number of halogens is 2. The summed E-state index contributed by atoms with van der Waals surface area (Å²) in [6.45, 7) is 2.81. The van der Waals surface area contributed by atoms with E-state index in [-0.39, 0.29) is 13.0 Å². The van der Waals surface area contributed by atoms with Crippen molar-refractivity contribution in [3.63, 3.8) is 0 Å². The maximum absolute atomic E-state index is 13.7. The van der Waals surface area contributed by atoms with Gasteiger partial charge < -0.3 is 20.5 Å². The van der Waals surface area contributed by atoms with E-state index in [0.29, 0.717) is 23.4 Å². The van der Waals surface area contributed by atoms with Gasteiger partial charge in [-0.3, -0.25) is 4.79 Å². The minimum atomic E-state index is -1.00. The van der Waals surface area contributed by atoms with Crippen molar-refractivity contribution >= 4 is 17.2 Å². The van der Waals surface area contributed by atoms with E-state index in [4.69, 9.17) is 4.74 Å². The Morgan fingerprint density at radius 2 is 1.82 bits per heavy atom. The summed E-state index contributed by atoms with van der Waals surface area (Å²) in [6.07, 6.45) is -0.0127. The molecule has 1 heterocycles. The summed E-state index contributed by atoms with van der Waals surface area (Å²) in [7, 11) is 1.47. The lowest BCUT2D eigenvalue weighted by molar-refractivity contribution is 0.0827. The number of hydrogen-bond donors (Lipinski definition) is 3. The van der Waals surface area contributed by atoms with Gasteiger partial charge in [-0.25, -0.2) is 8.78 Å². The first kappa shape index (κ1) is 24.8. The number of carbonyl (C=O) groups is 1. The smallest absolute Gasteiger partial charge is 0.256 e. The number of thiophene rings is 1. The summed E-state index contributed by atoms with van der Waals surface area (Å²) in [6, 6.07) is 10.5. The van der Waals surface area contributed by atoms with Gasteiger partial charge in [-0.15, -0.1) is 11.3 Å². The molecule has 8 heteroatoms. The Labute approximate surface area is 196 Å². The van der Waals surface area contributed by atoms with Gasteiger partial charge in [0, 0.05) is 29.9 Å². The predicted molar refractivity (Wildman–Crippen MR) is 126 cm³/mol. The van der Waals surface area contributed by atoms with Crippen LogP contribution in [0, 0.1) is 11.6 Å². The standard InChI is InChI=1S/C25H28F2N2O3S/c1-3-16-5-4-6-17(7-16)12-28-13-23(30)22(10-18-8-19(26)11-20(27)9-18)29-25(31)21-14-33-15-24(21)32-2/h4-9,11,14-15,22-23,28,30H,3,10,12-13H2,1-2H3,(H,29,31)/t22-,23-/m0/s1. The molecule has 0 saturated carbocycles. The highest BCUT2D eigenvalue weighted by molar-refractivity contribution is 7.08. The molecule has 1 aromatic heterocycles. The Hall–Kier alpha value is -2.81. The van der Waals surface area contributed by atoms with Crippen molar-refractivity contribution in [1.82, 2.24) is 10.6 Å². The lowest BCUT2D eigenvalue weighted by Gasteiger charge is -2.25. The molecule has 2 aromatic carbocycles. The molecule has 0 fully saturated rings. The van der Waals surface area contributed by atoms with E-state index in [1.807, 2.05) is 12.1 Å². The van der Waals surface area contributed by atoms with E-state index in [0.717, 1.165) is 18.1 Å². The van der Waals surface area contributed by atoms with Gasteiger partial charge in [0.2, 0.25) is 0 Å². The van der Waals surface area contributed by atoms with Gasteiger partial charge in [-0.2, -0.15) is 0 Å². The van der Waals surface area contributed by atoms with Crippen molar-refractivity contribution in [3.8, 4) is 5.75 Å². The molecule has 3 aromatic rings. The monoisotopic (exact) mass is 474 g/mol. The molecule has 0 unspecified atom stereocenters. The van der Waals surface area contributed by atoms with Crippen LogP contribution in [0.1, 0.15) is 34.0 Å². The summed E-state index contributed by atoms with van der Waals surface area (Å²) in [4.78, 5) is 12.8. The van der Waals surface area contributed by atoms with Crippen LogP contribution in [0.4, 0.5) is 8.78 Å². The fourth-order valence-corrected chi connectivity index (χ4v) is 4.36. The zero-order chi connectivity index (χ0) is 23.8. The number of rotatable bonds is 11. The maximum Gasteiger partial charge on any atom is 0.256 e. The van der Waals surface area contributed by atoms with Crippen LogP contribution >= 0.6 is 11.3 Å². The first-order valence-electron chi connectivity index (χ1n) is 10.7. The summed E-state index contributed by atoms with van der Waals surface area (Å²) < 4.78 is 32.6. The number of amides is 1. The Balaban J connectivity index is 1.71. The fourth-order valence-electron chi connectivity index (χ4n) is 3.59. The predicted octanol–water partition coefficient (Wildman–Crippen LogP) is 4.09. The molecule has 0 aliphatic carbocycles. The number of carbonyl (C=O) groups excluding carboxylic acids is 1. The molecule has 3 N–H and O–H groups in total. The van der Waals surface area contributed by atoms with Crippen molar-refractivity contribution in [2.75, 3.05) is 13.7 Å². The second kappa shape index (κ2) is 11.9. The molecule has 0 aliphatic rings. The zero-order valence-corrected chi connectivity index (χ0v) is 19.4.